The molecule has 0 fully saturated rings. The van der Waals surface area contributed by atoms with E-state index in [2.05, 4.69) is 15.2 Å². The van der Waals surface area contributed by atoms with Crippen LogP contribution in [0.3, 0.4) is 0 Å². The number of methoxy groups -OCH3 is 1. The summed E-state index contributed by atoms with van der Waals surface area (Å²) in [7, 11) is 1.64. The van der Waals surface area contributed by atoms with Gasteiger partial charge in [-0.3, -0.25) is 14.3 Å². The lowest BCUT2D eigenvalue weighted by atomic mass is 10.1. The Hall–Kier alpha value is -3.65. The van der Waals surface area contributed by atoms with Gasteiger partial charge in [-0.05, 0) is 55.8 Å². The zero-order valence-electron chi connectivity index (χ0n) is 19.5. The van der Waals surface area contributed by atoms with Crippen LogP contribution in [0, 0.1) is 0 Å². The fourth-order valence-electron chi connectivity index (χ4n) is 3.69. The van der Waals surface area contributed by atoms with E-state index >= 15 is 0 Å². The second-order valence-corrected chi connectivity index (χ2v) is 8.57. The Labute approximate surface area is 203 Å². The van der Waals surface area contributed by atoms with Gasteiger partial charge in [-0.25, -0.2) is 0 Å². The Kier molecular flexibility index (Phi) is 7.59. The molecule has 8 heteroatoms. The molecule has 1 atom stereocenters. The van der Waals surface area contributed by atoms with Gasteiger partial charge in [0.05, 0.1) is 7.11 Å². The minimum Gasteiger partial charge on any atom is -0.497 e. The quantitative estimate of drug-likeness (QED) is 0.317. The maximum absolute atomic E-state index is 13.5. The number of aromatic nitrogens is 4. The highest BCUT2D eigenvalue weighted by atomic mass is 32.2. The maximum atomic E-state index is 13.5. The fourth-order valence-corrected chi connectivity index (χ4v) is 4.83. The third kappa shape index (κ3) is 4.97. The van der Waals surface area contributed by atoms with Crippen LogP contribution in [-0.2, 0) is 4.79 Å². The smallest absolute Gasteiger partial charge is 0.240 e. The van der Waals surface area contributed by atoms with Crippen molar-refractivity contribution in [3.8, 4) is 22.8 Å². The Balaban J connectivity index is 1.82. The van der Waals surface area contributed by atoms with Crippen LogP contribution < -0.4 is 4.74 Å². The van der Waals surface area contributed by atoms with Crippen molar-refractivity contribution < 1.29 is 9.53 Å². The van der Waals surface area contributed by atoms with E-state index in [9.17, 15) is 4.79 Å². The Morgan fingerprint density at radius 1 is 0.971 bits per heavy atom. The molecule has 1 amide bonds. The number of benzene rings is 2. The third-order valence-electron chi connectivity index (χ3n) is 5.53. The van der Waals surface area contributed by atoms with Crippen LogP contribution >= 0.6 is 11.8 Å². The number of nitrogens with zero attached hydrogens (tertiary/aromatic N) is 5. The number of amides is 1. The number of carbonyl (C=O) groups excluding carboxylic acids is 1. The van der Waals surface area contributed by atoms with E-state index in [1.165, 1.54) is 11.8 Å². The number of carbonyl (C=O) groups is 1. The molecule has 0 N–H and O–H groups in total. The van der Waals surface area contributed by atoms with Crippen molar-refractivity contribution in [2.24, 2.45) is 0 Å². The zero-order valence-corrected chi connectivity index (χ0v) is 20.3. The number of rotatable bonds is 9. The van der Waals surface area contributed by atoms with Crippen LogP contribution in [-0.4, -0.2) is 50.8 Å². The van der Waals surface area contributed by atoms with E-state index < -0.39 is 5.25 Å². The zero-order chi connectivity index (χ0) is 23.9. The minimum absolute atomic E-state index is 0.0518. The van der Waals surface area contributed by atoms with E-state index in [-0.39, 0.29) is 5.91 Å². The van der Waals surface area contributed by atoms with Gasteiger partial charge in [-0.1, -0.05) is 42.1 Å². The summed E-state index contributed by atoms with van der Waals surface area (Å²) in [4.78, 5) is 19.5. The molecule has 4 rings (SSSR count). The molecule has 2 aromatic carbocycles. The highest BCUT2D eigenvalue weighted by Crippen LogP contribution is 2.38. The van der Waals surface area contributed by atoms with E-state index in [4.69, 9.17) is 4.74 Å². The Morgan fingerprint density at radius 2 is 1.65 bits per heavy atom. The topological polar surface area (TPSA) is 73.1 Å². The molecule has 0 aliphatic heterocycles. The summed E-state index contributed by atoms with van der Waals surface area (Å²) in [6.07, 6.45) is 3.46. The van der Waals surface area contributed by atoms with Crippen molar-refractivity contribution in [1.82, 2.24) is 24.6 Å². The van der Waals surface area contributed by atoms with Crippen molar-refractivity contribution in [2.45, 2.75) is 24.3 Å². The normalized spacial score (nSPS) is 11.7. The molecule has 0 saturated carbocycles. The first kappa shape index (κ1) is 23.5. The summed E-state index contributed by atoms with van der Waals surface area (Å²) < 4.78 is 7.31. The number of ether oxygens (including phenoxy) is 1. The maximum Gasteiger partial charge on any atom is 0.240 e. The average molecular weight is 474 g/mol. The SMILES string of the molecule is CCN(CC)C(=O)[C@@H](Sc1nnc(-c2ccncc2)n1-c1ccc(OC)cc1)c1ccccc1. The van der Waals surface area contributed by atoms with E-state index in [1.54, 1.807) is 19.5 Å². The second kappa shape index (κ2) is 11.0. The molecule has 4 aromatic rings. The Bertz CT molecular complexity index is 1210. The second-order valence-electron chi connectivity index (χ2n) is 7.49. The molecule has 2 heterocycles. The van der Waals surface area contributed by atoms with Gasteiger partial charge in [0.15, 0.2) is 11.0 Å². The Morgan fingerprint density at radius 3 is 2.26 bits per heavy atom. The minimum atomic E-state index is -0.451. The summed E-state index contributed by atoms with van der Waals surface area (Å²) in [5, 5.41) is 9.21. The predicted molar refractivity (Wildman–Crippen MR) is 134 cm³/mol. The van der Waals surface area contributed by atoms with Crippen LogP contribution in [0.1, 0.15) is 24.7 Å². The van der Waals surface area contributed by atoms with E-state index in [0.29, 0.717) is 24.1 Å². The van der Waals surface area contributed by atoms with E-state index in [1.807, 2.05) is 90.0 Å². The van der Waals surface area contributed by atoms with Crippen LogP contribution in [0.25, 0.3) is 17.1 Å². The van der Waals surface area contributed by atoms with Crippen LogP contribution in [0.5, 0.6) is 5.75 Å². The molecule has 0 radical (unpaired) electrons. The monoisotopic (exact) mass is 473 g/mol. The van der Waals surface area contributed by atoms with Gasteiger partial charge < -0.3 is 9.64 Å². The van der Waals surface area contributed by atoms with Gasteiger partial charge >= 0.3 is 0 Å². The van der Waals surface area contributed by atoms with Crippen molar-refractivity contribution in [1.29, 1.82) is 0 Å². The van der Waals surface area contributed by atoms with Crippen LogP contribution in [0.4, 0.5) is 0 Å². The molecule has 7 nitrogen and oxygen atoms in total. The third-order valence-corrected chi connectivity index (χ3v) is 6.71. The number of pyridine rings is 1. The molecule has 0 bridgehead atoms. The molecule has 0 spiro atoms. The number of thioether (sulfide) groups is 1. The molecule has 174 valence electrons. The van der Waals surface area contributed by atoms with Gasteiger partial charge in [0, 0.05) is 36.7 Å². The largest absolute Gasteiger partial charge is 0.497 e. The lowest BCUT2D eigenvalue weighted by Crippen LogP contribution is -2.34. The van der Waals surface area contributed by atoms with Crippen LogP contribution in [0.15, 0.2) is 84.3 Å². The molecule has 0 saturated heterocycles. The van der Waals surface area contributed by atoms with Crippen molar-refractivity contribution in [3.63, 3.8) is 0 Å². The van der Waals surface area contributed by atoms with E-state index in [0.717, 1.165) is 22.6 Å². The van der Waals surface area contributed by atoms with Gasteiger partial charge in [-0.2, -0.15) is 0 Å². The van der Waals surface area contributed by atoms with Crippen molar-refractivity contribution in [3.05, 3.63) is 84.7 Å². The number of likely N-dealkylation sites (N-methyl/N-ethyl adjacent to an activating group) is 1. The lowest BCUT2D eigenvalue weighted by Gasteiger charge is -2.25. The summed E-state index contributed by atoms with van der Waals surface area (Å²) >= 11 is 1.41. The summed E-state index contributed by atoms with van der Waals surface area (Å²) in [6.45, 7) is 5.28. The highest BCUT2D eigenvalue weighted by Gasteiger charge is 2.29. The van der Waals surface area contributed by atoms with Gasteiger partial charge in [0.1, 0.15) is 11.0 Å². The predicted octanol–water partition coefficient (Wildman–Crippen LogP) is 5.04. The van der Waals surface area contributed by atoms with Crippen molar-refractivity contribution >= 4 is 17.7 Å². The molecule has 0 aliphatic carbocycles. The fraction of sp³-hybridized carbons (Fsp3) is 0.231. The molecule has 2 aromatic heterocycles. The summed E-state index contributed by atoms with van der Waals surface area (Å²) in [5.74, 6) is 1.49. The highest BCUT2D eigenvalue weighted by molar-refractivity contribution is 8.00. The first-order valence-electron chi connectivity index (χ1n) is 11.2. The molecule has 0 aliphatic rings. The average Bonchev–Trinajstić information content (AvgIpc) is 3.32. The standard InChI is InChI=1S/C26H27N5O2S/c1-4-30(5-2)25(32)23(19-9-7-6-8-10-19)34-26-29-28-24(20-15-17-27-18-16-20)31(26)21-11-13-22(33-3)14-12-21/h6-18,23H,4-5H2,1-3H3/t23-/m0/s1. The number of hydrogen-bond acceptors (Lipinski definition) is 6. The van der Waals surface area contributed by atoms with Crippen molar-refractivity contribution in [2.75, 3.05) is 20.2 Å². The lowest BCUT2D eigenvalue weighted by molar-refractivity contribution is -0.130. The van der Waals surface area contributed by atoms with Gasteiger partial charge in [0.2, 0.25) is 5.91 Å². The molecule has 34 heavy (non-hydrogen) atoms. The summed E-state index contributed by atoms with van der Waals surface area (Å²) in [6, 6.07) is 21.3. The summed E-state index contributed by atoms with van der Waals surface area (Å²) in [5.41, 5.74) is 2.69. The molecular formula is C26H27N5O2S. The first-order valence-corrected chi connectivity index (χ1v) is 12.0. The molecular weight excluding hydrogens is 446 g/mol. The number of hydrogen-bond donors (Lipinski definition) is 0. The first-order chi connectivity index (χ1) is 16.7. The van der Waals surface area contributed by atoms with Gasteiger partial charge in [-0.15, -0.1) is 10.2 Å². The van der Waals surface area contributed by atoms with Crippen LogP contribution in [0.2, 0.25) is 0 Å². The van der Waals surface area contributed by atoms with Gasteiger partial charge in [0.25, 0.3) is 0 Å². The molecule has 0 unspecified atom stereocenters.